The van der Waals surface area contributed by atoms with Gasteiger partial charge < -0.3 is 5.73 Å². The van der Waals surface area contributed by atoms with Crippen molar-refractivity contribution in [2.75, 3.05) is 0 Å². The van der Waals surface area contributed by atoms with Crippen molar-refractivity contribution in [3.63, 3.8) is 0 Å². The van der Waals surface area contributed by atoms with E-state index in [1.807, 2.05) is 72.8 Å². The predicted molar refractivity (Wildman–Crippen MR) is 188 cm³/mol. The van der Waals surface area contributed by atoms with E-state index in [9.17, 15) is 0 Å². The molecule has 9 heteroatoms. The number of aliphatic imine (C=N–C) groups is 2. The summed E-state index contributed by atoms with van der Waals surface area (Å²) in [6.07, 6.45) is 23.7. The molecule has 2 aliphatic rings. The zero-order valence-corrected chi connectivity index (χ0v) is 26.6. The average Bonchev–Trinajstić information content (AvgIpc) is 3.93. The normalized spacial score (nSPS) is 16.3. The minimum absolute atomic E-state index is 0.530. The molecular formula is C39H28CoN8. The topological polar surface area (TPSA) is 118 Å². The van der Waals surface area contributed by atoms with Gasteiger partial charge in [-0.25, -0.2) is 0 Å². The van der Waals surface area contributed by atoms with Crippen LogP contribution in [-0.2, 0) is 15.3 Å². The Hall–Kier alpha value is -6.16. The number of aromatic amines is 1. The van der Waals surface area contributed by atoms with E-state index in [4.69, 9.17) is 31.0 Å². The first-order chi connectivity index (χ1) is 23.6. The number of pyridine rings is 4. The Bertz CT molecular complexity index is 2240. The Morgan fingerprint density at radius 3 is 1.46 bits per heavy atom. The van der Waals surface area contributed by atoms with Gasteiger partial charge in [0.05, 0.1) is 0 Å². The molecule has 0 spiro atoms. The molecule has 0 fully saturated rings. The van der Waals surface area contributed by atoms with Crippen LogP contribution in [0.25, 0.3) is 16.7 Å². The molecule has 5 aromatic heterocycles. The molecule has 0 atom stereocenters. The van der Waals surface area contributed by atoms with Crippen molar-refractivity contribution in [2.24, 2.45) is 15.7 Å². The second kappa shape index (κ2) is 13.7. The second-order valence-corrected chi connectivity index (χ2v) is 11.3. The summed E-state index contributed by atoms with van der Waals surface area (Å²) in [6.45, 7) is 3.90. The van der Waals surface area contributed by atoms with Crippen LogP contribution in [0.15, 0.2) is 174 Å². The number of aromatic nitrogens is 5. The third-order valence-corrected chi connectivity index (χ3v) is 8.39. The number of nitrogens with two attached hydrogens (primary N) is 1. The molecule has 7 heterocycles. The maximum absolute atomic E-state index is 6.45. The first-order valence-corrected chi connectivity index (χ1v) is 15.6. The van der Waals surface area contributed by atoms with Crippen molar-refractivity contribution in [3.05, 3.63) is 198 Å². The average molecular weight is 668 g/mol. The van der Waals surface area contributed by atoms with Crippen LogP contribution in [-0.4, -0.2) is 40.8 Å². The third kappa shape index (κ3) is 6.15. The Morgan fingerprint density at radius 1 is 0.562 bits per heavy atom. The molecule has 3 N–H and O–H groups in total. The summed E-state index contributed by atoms with van der Waals surface area (Å²) >= 11 is 4.86. The van der Waals surface area contributed by atoms with Crippen molar-refractivity contribution in [2.45, 2.75) is 0 Å². The van der Waals surface area contributed by atoms with Gasteiger partial charge in [0.25, 0.3) is 0 Å². The molecule has 2 aliphatic heterocycles. The van der Waals surface area contributed by atoms with Crippen molar-refractivity contribution in [1.82, 2.24) is 24.9 Å². The van der Waals surface area contributed by atoms with E-state index in [1.165, 1.54) is 0 Å². The molecular weight excluding hydrogens is 639 g/mol. The molecule has 0 bridgehead atoms. The SMILES string of the molecule is C=C/C(N)=C(C1=N/C(=C(/c2ccncc2)c2ccc(/C(=C3/C=CC([C](=[Co])c4ccncc4)=N3)c3ccncc3)[nH]2)C=C1)\c1ccncc1. The number of allylic oxidation sites excluding steroid dienone is 6. The van der Waals surface area contributed by atoms with Gasteiger partial charge in [0, 0.05) is 23.7 Å². The van der Waals surface area contributed by atoms with Crippen molar-refractivity contribution in [1.29, 1.82) is 0 Å². The van der Waals surface area contributed by atoms with Crippen LogP contribution in [0.5, 0.6) is 0 Å². The number of H-pyrrole nitrogens is 1. The van der Waals surface area contributed by atoms with Gasteiger partial charge in [0.2, 0.25) is 0 Å². The predicted octanol–water partition coefficient (Wildman–Crippen LogP) is 6.46. The summed E-state index contributed by atoms with van der Waals surface area (Å²) < 4.78 is 0.765. The van der Waals surface area contributed by atoms with E-state index < -0.39 is 0 Å². The Balaban J connectivity index is 1.35. The summed E-state index contributed by atoms with van der Waals surface area (Å²) in [5.74, 6) is 0. The fraction of sp³-hybridized carbons (Fsp3) is 0. The van der Waals surface area contributed by atoms with Crippen molar-refractivity contribution < 1.29 is 15.3 Å². The number of rotatable bonds is 9. The van der Waals surface area contributed by atoms with Gasteiger partial charge in [-0.2, -0.15) is 0 Å². The fourth-order valence-corrected chi connectivity index (χ4v) is 5.90. The van der Waals surface area contributed by atoms with Crippen molar-refractivity contribution in [3.8, 4) is 0 Å². The quantitative estimate of drug-likeness (QED) is 0.175. The van der Waals surface area contributed by atoms with Gasteiger partial charge in [-0.05, 0) is 23.8 Å². The standard InChI is InChI=1S/C39H28N8.Co/c1-2-31(40)37(27-11-19-42-20-12-27)32-5-6-35(46-32)39(29-15-23-44-24-16-29)36-8-7-34(47-36)38(28-13-21-43-22-14-28)33-4-3-30(45-33)25-26-9-17-41-18-10-26;/h2-24,47H,1,40H2;/b37-31-,38-33-,39-35-;. The van der Waals surface area contributed by atoms with Crippen LogP contribution in [0.3, 0.4) is 0 Å². The Morgan fingerprint density at radius 2 is 0.979 bits per heavy atom. The van der Waals surface area contributed by atoms with Crippen LogP contribution in [0.1, 0.15) is 33.6 Å². The van der Waals surface area contributed by atoms with Crippen LogP contribution in [0.4, 0.5) is 0 Å². The van der Waals surface area contributed by atoms with Gasteiger partial charge in [0.15, 0.2) is 0 Å². The van der Waals surface area contributed by atoms with E-state index in [-0.39, 0.29) is 0 Å². The van der Waals surface area contributed by atoms with Gasteiger partial charge >= 0.3 is 217 Å². The number of nitrogens with one attached hydrogen (secondary N) is 1. The maximum atomic E-state index is 6.45. The Kier molecular flexibility index (Phi) is 8.69. The summed E-state index contributed by atoms with van der Waals surface area (Å²) in [7, 11) is 0. The number of hydrogen-bond acceptors (Lipinski definition) is 7. The third-order valence-electron chi connectivity index (χ3n) is 7.82. The number of hydrogen-bond donors (Lipinski definition) is 2. The molecule has 48 heavy (non-hydrogen) atoms. The molecule has 8 nitrogen and oxygen atoms in total. The fourth-order valence-electron chi connectivity index (χ4n) is 5.59. The van der Waals surface area contributed by atoms with Crippen LogP contribution in [0.2, 0.25) is 0 Å². The second-order valence-electron chi connectivity index (χ2n) is 10.7. The monoisotopic (exact) mass is 667 g/mol. The van der Waals surface area contributed by atoms with Crippen LogP contribution < -0.4 is 5.73 Å². The van der Waals surface area contributed by atoms with E-state index in [0.29, 0.717) is 5.70 Å². The van der Waals surface area contributed by atoms with E-state index in [0.717, 1.165) is 77.6 Å². The van der Waals surface area contributed by atoms with Gasteiger partial charge in [-0.3, -0.25) is 9.97 Å². The molecule has 0 aliphatic carbocycles. The van der Waals surface area contributed by atoms with E-state index in [1.54, 1.807) is 55.7 Å². The molecule has 0 saturated carbocycles. The Labute approximate surface area is 285 Å². The molecule has 5 aromatic rings. The molecule has 0 saturated heterocycles. The minimum Gasteiger partial charge on any atom is -0.265 e. The smallest absolute Gasteiger partial charge is 0.265 e. The van der Waals surface area contributed by atoms with Crippen LogP contribution >= 0.6 is 0 Å². The molecule has 0 radical (unpaired) electrons. The summed E-state index contributed by atoms with van der Waals surface area (Å²) in [6, 6.07) is 19.7. The van der Waals surface area contributed by atoms with Gasteiger partial charge in [0.1, 0.15) is 0 Å². The summed E-state index contributed by atoms with van der Waals surface area (Å²) in [5, 5.41) is 0. The first-order valence-electron chi connectivity index (χ1n) is 15.1. The van der Waals surface area contributed by atoms with E-state index >= 15 is 0 Å². The zero-order valence-electron chi connectivity index (χ0n) is 25.6. The van der Waals surface area contributed by atoms with Crippen LogP contribution in [0, 0.1) is 0 Å². The summed E-state index contributed by atoms with van der Waals surface area (Å²) in [4.78, 5) is 30.6. The molecule has 7 rings (SSSR count). The minimum atomic E-state index is 0.530. The van der Waals surface area contributed by atoms with Gasteiger partial charge in [-0.1, -0.05) is 6.58 Å². The van der Waals surface area contributed by atoms with Gasteiger partial charge in [-0.15, -0.1) is 0 Å². The number of nitrogens with zero attached hydrogens (tertiary/aromatic N) is 6. The first kappa shape index (κ1) is 30.5. The van der Waals surface area contributed by atoms with E-state index in [2.05, 4.69) is 43.6 Å². The summed E-state index contributed by atoms with van der Waals surface area (Å²) in [5.41, 5.74) is 18.2. The molecule has 233 valence electrons. The zero-order chi connectivity index (χ0) is 32.9. The molecule has 0 aromatic carbocycles. The van der Waals surface area contributed by atoms with Crippen molar-refractivity contribution >= 4 is 32.6 Å². The molecule has 0 amide bonds. The molecule has 0 unspecified atom stereocenters.